The maximum absolute atomic E-state index is 11.3. The summed E-state index contributed by atoms with van der Waals surface area (Å²) >= 11 is 0. The van der Waals surface area contributed by atoms with Crippen LogP contribution in [-0.2, 0) is 0 Å². The zero-order valence-electron chi connectivity index (χ0n) is 10.4. The quantitative estimate of drug-likeness (QED) is 0.335. The number of azo groups is 1. The van der Waals surface area contributed by atoms with Gasteiger partial charge in [-0.1, -0.05) is 20.8 Å². The van der Waals surface area contributed by atoms with Gasteiger partial charge >= 0.3 is 51.4 Å². The largest absolute Gasteiger partial charge is 1.00 e. The second-order valence-electron chi connectivity index (χ2n) is 5.13. The van der Waals surface area contributed by atoms with Crippen molar-refractivity contribution in [2.45, 2.75) is 47.1 Å². The molecule has 0 spiro atoms. The fourth-order valence-corrected chi connectivity index (χ4v) is 0.448. The zero-order valence-corrected chi connectivity index (χ0v) is 13.5. The summed E-state index contributed by atoms with van der Waals surface area (Å²) in [4.78, 5) is 0. The number of hydrogen-bond donors (Lipinski definition) is 0. The maximum atomic E-state index is 11.3. The van der Waals surface area contributed by atoms with Gasteiger partial charge in [-0.05, 0) is 26.2 Å². The average molecular weight is 222 g/mol. The van der Waals surface area contributed by atoms with Gasteiger partial charge < -0.3 is 5.11 Å². The Balaban J connectivity index is 0. The summed E-state index contributed by atoms with van der Waals surface area (Å²) in [5.41, 5.74) is -0.578. The average Bonchev–Trinajstić information content (AvgIpc) is 1.82. The summed E-state index contributed by atoms with van der Waals surface area (Å²) in [5.74, 6) is 0.000463. The van der Waals surface area contributed by atoms with Gasteiger partial charge in [0.25, 0.3) is 0 Å². The van der Waals surface area contributed by atoms with Crippen LogP contribution < -0.4 is 56.5 Å². The number of allylic oxidation sites excluding steroid dienone is 1. The molecule has 0 aromatic carbocycles. The monoisotopic (exact) mass is 222 g/mol. The van der Waals surface area contributed by atoms with Gasteiger partial charge in [-0.15, -0.1) is 5.76 Å². The fraction of sp³-hybridized carbons (Fsp3) is 0.800. The van der Waals surface area contributed by atoms with E-state index in [9.17, 15) is 5.11 Å². The first-order chi connectivity index (χ1) is 5.63. The summed E-state index contributed by atoms with van der Waals surface area (Å²) in [5, 5.41) is 19.1. The Morgan fingerprint density at radius 3 is 1.79 bits per heavy atom. The Morgan fingerprint density at radius 1 is 1.07 bits per heavy atom. The first kappa shape index (κ1) is 17.2. The molecular weight excluding hydrogens is 203 g/mol. The van der Waals surface area contributed by atoms with E-state index in [1.54, 1.807) is 0 Å². The van der Waals surface area contributed by atoms with Crippen LogP contribution in [0.3, 0.4) is 0 Å². The van der Waals surface area contributed by atoms with Crippen molar-refractivity contribution < 1.29 is 56.5 Å². The third kappa shape index (κ3) is 9.34. The van der Waals surface area contributed by atoms with Crippen molar-refractivity contribution in [3.8, 4) is 0 Å². The second-order valence-corrected chi connectivity index (χ2v) is 5.13. The van der Waals surface area contributed by atoms with Gasteiger partial charge in [0.1, 0.15) is 0 Å². The van der Waals surface area contributed by atoms with Crippen LogP contribution in [0.5, 0.6) is 0 Å². The van der Waals surface area contributed by atoms with Crippen LogP contribution in [-0.4, -0.2) is 5.54 Å². The van der Waals surface area contributed by atoms with E-state index < -0.39 is 0 Å². The van der Waals surface area contributed by atoms with Gasteiger partial charge in [-0.2, -0.15) is 10.2 Å². The molecule has 0 saturated carbocycles. The maximum Gasteiger partial charge on any atom is 1.00 e. The van der Waals surface area contributed by atoms with E-state index >= 15 is 0 Å². The summed E-state index contributed by atoms with van der Waals surface area (Å²) in [6.07, 6.45) is 1.30. The van der Waals surface area contributed by atoms with Crippen molar-refractivity contribution in [3.05, 3.63) is 12.0 Å². The van der Waals surface area contributed by atoms with Crippen LogP contribution in [0.4, 0.5) is 0 Å². The second kappa shape index (κ2) is 6.38. The van der Waals surface area contributed by atoms with E-state index in [-0.39, 0.29) is 68.1 Å². The van der Waals surface area contributed by atoms with Crippen molar-refractivity contribution >= 4 is 0 Å². The molecule has 0 aliphatic heterocycles. The van der Waals surface area contributed by atoms with Crippen molar-refractivity contribution in [1.82, 2.24) is 0 Å². The van der Waals surface area contributed by atoms with Gasteiger partial charge in [-0.3, -0.25) is 0 Å². The van der Waals surface area contributed by atoms with Gasteiger partial charge in [0.05, 0.1) is 5.54 Å². The third-order valence-corrected chi connectivity index (χ3v) is 1.27. The first-order valence-corrected chi connectivity index (χ1v) is 4.42. The predicted molar refractivity (Wildman–Crippen MR) is 52.1 cm³/mol. The van der Waals surface area contributed by atoms with E-state index in [1.807, 2.05) is 41.5 Å². The Morgan fingerprint density at radius 2 is 1.50 bits per heavy atom. The number of nitrogens with zero attached hydrogens (tertiary/aromatic N) is 2. The van der Waals surface area contributed by atoms with Crippen LogP contribution in [0.1, 0.15) is 41.5 Å². The van der Waals surface area contributed by atoms with Crippen LogP contribution in [0.25, 0.3) is 0 Å². The van der Waals surface area contributed by atoms with Crippen molar-refractivity contribution in [2.24, 2.45) is 15.6 Å². The molecule has 76 valence electrons. The minimum absolute atomic E-state index is 0. The standard InChI is InChI=1S/C10H20N2O.K/c1-9(2,3)8(13)7-11-12-10(4,5)6;/h7,13H,1-6H3;/q;+1/p-1/b8-7+,12-11?;. The molecule has 0 saturated heterocycles. The molecule has 0 aliphatic carbocycles. The van der Waals surface area contributed by atoms with E-state index in [2.05, 4.69) is 10.2 Å². The van der Waals surface area contributed by atoms with Crippen LogP contribution in [0.15, 0.2) is 22.2 Å². The zero-order chi connectivity index (χ0) is 10.7. The summed E-state index contributed by atoms with van der Waals surface area (Å²) in [7, 11) is 0. The predicted octanol–water partition coefficient (Wildman–Crippen LogP) is -0.511. The molecule has 4 heteroatoms. The summed E-state index contributed by atoms with van der Waals surface area (Å²) in [6, 6.07) is 0. The molecule has 0 bridgehead atoms. The molecule has 0 radical (unpaired) electrons. The minimum Gasteiger partial charge on any atom is -0.874 e. The normalized spacial score (nSPS) is 14.3. The summed E-state index contributed by atoms with van der Waals surface area (Å²) in [6.45, 7) is 11.4. The molecule has 14 heavy (non-hydrogen) atoms. The minimum atomic E-state index is -0.364. The molecule has 0 heterocycles. The van der Waals surface area contributed by atoms with Crippen LogP contribution in [0, 0.1) is 5.41 Å². The van der Waals surface area contributed by atoms with E-state index in [1.165, 1.54) is 6.20 Å². The van der Waals surface area contributed by atoms with Crippen LogP contribution in [0.2, 0.25) is 0 Å². The molecule has 0 fully saturated rings. The fourth-order valence-electron chi connectivity index (χ4n) is 0.448. The van der Waals surface area contributed by atoms with Crippen molar-refractivity contribution in [3.63, 3.8) is 0 Å². The Bertz CT molecular complexity index is 221. The molecular formula is C10H19KN2O. The molecule has 0 aromatic rings. The number of rotatable bonds is 1. The smallest absolute Gasteiger partial charge is 0.874 e. The van der Waals surface area contributed by atoms with E-state index in [4.69, 9.17) is 0 Å². The molecule has 0 amide bonds. The number of hydrogen-bond acceptors (Lipinski definition) is 3. The Kier molecular flexibility index (Phi) is 7.83. The third-order valence-electron chi connectivity index (χ3n) is 1.27. The van der Waals surface area contributed by atoms with Gasteiger partial charge in [0, 0.05) is 6.20 Å². The van der Waals surface area contributed by atoms with Crippen molar-refractivity contribution in [1.29, 1.82) is 0 Å². The molecule has 0 aliphatic rings. The van der Waals surface area contributed by atoms with Crippen LogP contribution >= 0.6 is 0 Å². The van der Waals surface area contributed by atoms with E-state index in [0.717, 1.165) is 0 Å². The molecule has 0 atom stereocenters. The van der Waals surface area contributed by atoms with Gasteiger partial charge in [0.2, 0.25) is 0 Å². The topological polar surface area (TPSA) is 47.8 Å². The molecule has 0 unspecified atom stereocenters. The first-order valence-electron chi connectivity index (χ1n) is 4.42. The Labute approximate surface area is 129 Å². The summed E-state index contributed by atoms with van der Waals surface area (Å²) < 4.78 is 0. The molecule has 0 rings (SSSR count). The van der Waals surface area contributed by atoms with Crippen molar-refractivity contribution in [2.75, 3.05) is 0 Å². The van der Waals surface area contributed by atoms with Gasteiger partial charge in [-0.25, -0.2) is 0 Å². The van der Waals surface area contributed by atoms with Gasteiger partial charge in [0.15, 0.2) is 0 Å². The Hall–Kier alpha value is 0.776. The molecule has 0 N–H and O–H groups in total. The molecule has 0 aromatic heterocycles. The molecule has 3 nitrogen and oxygen atoms in total. The SMILES string of the molecule is CC(C)(C)N=N/C=C(/[O-])C(C)(C)C.[K+]. The van der Waals surface area contributed by atoms with E-state index in [0.29, 0.717) is 0 Å².